The van der Waals surface area contributed by atoms with Crippen LogP contribution < -0.4 is 5.32 Å². The van der Waals surface area contributed by atoms with E-state index in [9.17, 15) is 14.4 Å². The average Bonchev–Trinajstić information content (AvgIpc) is 2.64. The number of amides is 3. The number of piperidine rings is 1. The zero-order valence-electron chi connectivity index (χ0n) is 14.8. The van der Waals surface area contributed by atoms with E-state index in [0.29, 0.717) is 5.56 Å². The van der Waals surface area contributed by atoms with Crippen LogP contribution in [0.4, 0.5) is 0 Å². The fourth-order valence-corrected chi connectivity index (χ4v) is 2.64. The number of carbonyl (C=O) groups is 3. The summed E-state index contributed by atoms with van der Waals surface area (Å²) < 4.78 is 0. The number of hydrogen-bond donors (Lipinski definition) is 1. The van der Waals surface area contributed by atoms with E-state index >= 15 is 0 Å². The molecule has 1 saturated heterocycles. The number of rotatable bonds is 5. The summed E-state index contributed by atoms with van der Waals surface area (Å²) in [6.45, 7) is 1.59. The number of benzene rings is 1. The average molecular weight is 343 g/mol. The molecule has 1 aromatic carbocycles. The number of nitrogens with one attached hydrogen (secondary N) is 1. The van der Waals surface area contributed by atoms with Crippen LogP contribution in [0.1, 0.15) is 35.2 Å². The number of nitrogens with zero attached hydrogens (tertiary/aromatic N) is 2. The van der Waals surface area contributed by atoms with Crippen LogP contribution in [0, 0.1) is 0 Å². The Balaban J connectivity index is 1.81. The van der Waals surface area contributed by atoms with Gasteiger partial charge in [-0.2, -0.15) is 0 Å². The Morgan fingerprint density at radius 2 is 1.72 bits per heavy atom. The summed E-state index contributed by atoms with van der Waals surface area (Å²) in [6.07, 6.45) is 6.28. The van der Waals surface area contributed by atoms with Crippen molar-refractivity contribution in [3.63, 3.8) is 0 Å². The van der Waals surface area contributed by atoms with Gasteiger partial charge in [-0.05, 0) is 43.0 Å². The second-order valence-electron chi connectivity index (χ2n) is 6.31. The Morgan fingerprint density at radius 3 is 2.32 bits per heavy atom. The van der Waals surface area contributed by atoms with Gasteiger partial charge in [0.2, 0.25) is 11.8 Å². The molecule has 2 rings (SSSR count). The van der Waals surface area contributed by atoms with Gasteiger partial charge in [-0.1, -0.05) is 12.1 Å². The molecule has 1 fully saturated rings. The number of carbonyl (C=O) groups excluding carboxylic acids is 3. The van der Waals surface area contributed by atoms with Crippen LogP contribution in [0.25, 0.3) is 6.08 Å². The van der Waals surface area contributed by atoms with Crippen LogP contribution >= 0.6 is 0 Å². The zero-order chi connectivity index (χ0) is 18.2. The Hall–Kier alpha value is -2.63. The van der Waals surface area contributed by atoms with Crippen LogP contribution in [0.2, 0.25) is 0 Å². The normalized spacial score (nSPS) is 14.4. The zero-order valence-corrected chi connectivity index (χ0v) is 14.8. The second-order valence-corrected chi connectivity index (χ2v) is 6.31. The molecule has 25 heavy (non-hydrogen) atoms. The molecule has 134 valence electrons. The molecule has 0 atom stereocenters. The van der Waals surface area contributed by atoms with Crippen molar-refractivity contribution in [2.24, 2.45) is 0 Å². The van der Waals surface area contributed by atoms with Gasteiger partial charge in [0.25, 0.3) is 5.91 Å². The second kappa shape index (κ2) is 9.01. The summed E-state index contributed by atoms with van der Waals surface area (Å²) in [5, 5.41) is 2.62. The lowest BCUT2D eigenvalue weighted by atomic mass is 10.1. The molecule has 1 N–H and O–H groups in total. The van der Waals surface area contributed by atoms with Gasteiger partial charge >= 0.3 is 0 Å². The van der Waals surface area contributed by atoms with E-state index in [2.05, 4.69) is 5.32 Å². The van der Waals surface area contributed by atoms with Crippen molar-refractivity contribution in [2.75, 3.05) is 33.7 Å². The van der Waals surface area contributed by atoms with Crippen molar-refractivity contribution >= 4 is 23.8 Å². The third-order valence-electron chi connectivity index (χ3n) is 4.11. The fraction of sp³-hybridized carbons (Fsp3) is 0.421. The lowest BCUT2D eigenvalue weighted by Crippen LogP contribution is -2.42. The van der Waals surface area contributed by atoms with Gasteiger partial charge in [0.15, 0.2) is 0 Å². The molecule has 6 heteroatoms. The first kappa shape index (κ1) is 18.7. The molecule has 0 unspecified atom stereocenters. The number of hydrogen-bond acceptors (Lipinski definition) is 3. The molecular weight excluding hydrogens is 318 g/mol. The first-order valence-corrected chi connectivity index (χ1v) is 8.53. The third-order valence-corrected chi connectivity index (χ3v) is 4.11. The lowest BCUT2D eigenvalue weighted by molar-refractivity contribution is -0.132. The predicted octanol–water partition coefficient (Wildman–Crippen LogP) is 1.53. The van der Waals surface area contributed by atoms with Crippen LogP contribution in [-0.4, -0.2) is 61.3 Å². The molecule has 1 aliphatic rings. The van der Waals surface area contributed by atoms with Crippen molar-refractivity contribution in [3.05, 3.63) is 41.5 Å². The first-order chi connectivity index (χ1) is 12.0. The molecule has 0 bridgehead atoms. The Kier molecular flexibility index (Phi) is 6.74. The molecule has 1 heterocycles. The maximum atomic E-state index is 12.0. The summed E-state index contributed by atoms with van der Waals surface area (Å²) >= 11 is 0. The van der Waals surface area contributed by atoms with Gasteiger partial charge in [-0.25, -0.2) is 0 Å². The summed E-state index contributed by atoms with van der Waals surface area (Å²) in [7, 11) is 3.40. The molecule has 0 radical (unpaired) electrons. The van der Waals surface area contributed by atoms with E-state index in [0.717, 1.165) is 37.9 Å². The minimum Gasteiger partial charge on any atom is -0.345 e. The molecule has 3 amide bonds. The molecule has 6 nitrogen and oxygen atoms in total. The highest BCUT2D eigenvalue weighted by Gasteiger charge is 2.16. The molecular formula is C19H25N3O3. The molecule has 0 spiro atoms. The van der Waals surface area contributed by atoms with Crippen molar-refractivity contribution < 1.29 is 14.4 Å². The topological polar surface area (TPSA) is 69.7 Å². The van der Waals surface area contributed by atoms with Gasteiger partial charge in [-0.3, -0.25) is 14.4 Å². The number of likely N-dealkylation sites (tertiary alicyclic amines) is 1. The van der Waals surface area contributed by atoms with Crippen molar-refractivity contribution in [1.29, 1.82) is 0 Å². The van der Waals surface area contributed by atoms with E-state index in [1.807, 2.05) is 0 Å². The van der Waals surface area contributed by atoms with Crippen LogP contribution in [-0.2, 0) is 9.59 Å². The monoisotopic (exact) mass is 343 g/mol. The van der Waals surface area contributed by atoms with Crippen LogP contribution in [0.15, 0.2) is 30.3 Å². The first-order valence-electron chi connectivity index (χ1n) is 8.53. The van der Waals surface area contributed by atoms with E-state index in [1.165, 1.54) is 11.0 Å². The highest BCUT2D eigenvalue weighted by atomic mass is 16.2. The van der Waals surface area contributed by atoms with Gasteiger partial charge in [0.1, 0.15) is 0 Å². The van der Waals surface area contributed by atoms with E-state index in [1.54, 1.807) is 49.3 Å². The van der Waals surface area contributed by atoms with Gasteiger partial charge in [0.05, 0.1) is 6.54 Å². The quantitative estimate of drug-likeness (QED) is 0.825. The maximum absolute atomic E-state index is 12.0. The molecule has 0 saturated carbocycles. The molecule has 1 aliphatic heterocycles. The van der Waals surface area contributed by atoms with E-state index in [4.69, 9.17) is 0 Å². The van der Waals surface area contributed by atoms with Crippen molar-refractivity contribution in [3.8, 4) is 0 Å². The van der Waals surface area contributed by atoms with Gasteiger partial charge in [0, 0.05) is 38.8 Å². The molecule has 0 aliphatic carbocycles. The smallest absolute Gasteiger partial charge is 0.253 e. The van der Waals surface area contributed by atoms with E-state index in [-0.39, 0.29) is 24.3 Å². The summed E-state index contributed by atoms with van der Waals surface area (Å²) in [5.41, 5.74) is 1.41. The Morgan fingerprint density at radius 1 is 1.08 bits per heavy atom. The highest BCUT2D eigenvalue weighted by molar-refractivity contribution is 5.95. The van der Waals surface area contributed by atoms with Crippen LogP contribution in [0.3, 0.4) is 0 Å². The molecule has 1 aromatic rings. The summed E-state index contributed by atoms with van der Waals surface area (Å²) in [4.78, 5) is 38.9. The summed E-state index contributed by atoms with van der Waals surface area (Å²) in [5.74, 6) is -0.406. The standard InChI is InChI=1S/C19H25N3O3/c1-21(2)19(25)16-9-6-15(7-10-16)8-11-17(23)20-14-18(24)22-12-4-3-5-13-22/h6-11H,3-5,12-14H2,1-2H3,(H,20,23)/b11-8+. The third kappa shape index (κ3) is 5.74. The maximum Gasteiger partial charge on any atom is 0.253 e. The Labute approximate surface area is 148 Å². The van der Waals surface area contributed by atoms with E-state index < -0.39 is 0 Å². The van der Waals surface area contributed by atoms with Crippen LogP contribution in [0.5, 0.6) is 0 Å². The van der Waals surface area contributed by atoms with Crippen molar-refractivity contribution in [1.82, 2.24) is 15.1 Å². The minimum absolute atomic E-state index is 0.0272. The summed E-state index contributed by atoms with van der Waals surface area (Å²) in [6, 6.07) is 7.00. The van der Waals surface area contributed by atoms with Gasteiger partial charge in [-0.15, -0.1) is 0 Å². The largest absolute Gasteiger partial charge is 0.345 e. The fourth-order valence-electron chi connectivity index (χ4n) is 2.64. The predicted molar refractivity (Wildman–Crippen MR) is 96.9 cm³/mol. The van der Waals surface area contributed by atoms with Crippen molar-refractivity contribution in [2.45, 2.75) is 19.3 Å². The lowest BCUT2D eigenvalue weighted by Gasteiger charge is -2.26. The Bertz CT molecular complexity index is 644. The highest BCUT2D eigenvalue weighted by Crippen LogP contribution is 2.09. The minimum atomic E-state index is -0.307. The SMILES string of the molecule is CN(C)C(=O)c1ccc(/C=C/C(=O)NCC(=O)N2CCCCC2)cc1. The molecule has 0 aromatic heterocycles. The van der Waals surface area contributed by atoms with Gasteiger partial charge < -0.3 is 15.1 Å².